The van der Waals surface area contributed by atoms with Crippen molar-refractivity contribution in [2.24, 2.45) is 0 Å². The maximum absolute atomic E-state index is 14.0. The van der Waals surface area contributed by atoms with Crippen LogP contribution < -0.4 is 4.72 Å². The highest BCUT2D eigenvalue weighted by molar-refractivity contribution is 7.89. The molecule has 2 aromatic carbocycles. The second kappa shape index (κ2) is 9.33. The van der Waals surface area contributed by atoms with E-state index in [0.29, 0.717) is 5.56 Å². The van der Waals surface area contributed by atoms with E-state index >= 15 is 0 Å². The zero-order chi connectivity index (χ0) is 20.9. The fraction of sp³-hybridized carbons (Fsp3) is 0.318. The number of nitrogens with zero attached hydrogens (tertiary/aromatic N) is 1. The van der Waals surface area contributed by atoms with Gasteiger partial charge in [0.25, 0.3) is 5.91 Å². The Labute approximate surface area is 171 Å². The monoisotopic (exact) mass is 416 g/mol. The van der Waals surface area contributed by atoms with E-state index < -0.39 is 15.8 Å². The molecule has 2 aromatic rings. The van der Waals surface area contributed by atoms with Gasteiger partial charge in [-0.25, -0.2) is 17.5 Å². The van der Waals surface area contributed by atoms with E-state index in [9.17, 15) is 17.6 Å². The molecule has 0 atom stereocenters. The molecule has 0 saturated heterocycles. The largest absolute Gasteiger partial charge is 0.331 e. The van der Waals surface area contributed by atoms with Gasteiger partial charge in [-0.05, 0) is 37.1 Å². The van der Waals surface area contributed by atoms with Gasteiger partial charge in [0.15, 0.2) is 0 Å². The smallest absolute Gasteiger partial charge is 0.254 e. The zero-order valence-corrected chi connectivity index (χ0v) is 17.0. The van der Waals surface area contributed by atoms with E-state index in [4.69, 9.17) is 0 Å². The molecule has 0 aromatic heterocycles. The molecule has 0 aliphatic heterocycles. The summed E-state index contributed by atoms with van der Waals surface area (Å²) in [5, 5.41) is 0. The van der Waals surface area contributed by atoms with Crippen LogP contribution in [0.5, 0.6) is 0 Å². The molecule has 5 nitrogen and oxygen atoms in total. The number of amides is 1. The van der Waals surface area contributed by atoms with Gasteiger partial charge >= 0.3 is 0 Å². The highest BCUT2D eigenvalue weighted by Gasteiger charge is 2.24. The SMILES string of the molecule is C=CCN(Cc1ccccc1F)C(=O)c1cccc(S(=O)(=O)NC2CCCC2)c1. The third-order valence-electron chi connectivity index (χ3n) is 5.02. The number of benzene rings is 2. The molecule has 1 saturated carbocycles. The van der Waals surface area contributed by atoms with Gasteiger partial charge in [0.2, 0.25) is 10.0 Å². The molecule has 1 amide bonds. The van der Waals surface area contributed by atoms with Gasteiger partial charge in [0.05, 0.1) is 4.90 Å². The lowest BCUT2D eigenvalue weighted by molar-refractivity contribution is 0.0761. The fourth-order valence-corrected chi connectivity index (χ4v) is 4.87. The van der Waals surface area contributed by atoms with Crippen LogP contribution in [0.2, 0.25) is 0 Å². The Hall–Kier alpha value is -2.51. The number of hydrogen-bond donors (Lipinski definition) is 1. The summed E-state index contributed by atoms with van der Waals surface area (Å²) >= 11 is 0. The van der Waals surface area contributed by atoms with Crippen molar-refractivity contribution in [3.8, 4) is 0 Å². The van der Waals surface area contributed by atoms with Crippen molar-refractivity contribution in [2.45, 2.75) is 43.2 Å². The summed E-state index contributed by atoms with van der Waals surface area (Å²) < 4.78 is 42.1. The van der Waals surface area contributed by atoms with Gasteiger partial charge in [-0.15, -0.1) is 6.58 Å². The summed E-state index contributed by atoms with van der Waals surface area (Å²) in [5.74, 6) is -0.780. The standard InChI is InChI=1S/C22H25FN2O3S/c1-2-14-25(16-18-8-3-6-13-21(18)23)22(26)17-9-7-12-20(15-17)29(27,28)24-19-10-4-5-11-19/h2-3,6-9,12-13,15,19,24H,1,4-5,10-11,14,16H2. The second-order valence-corrected chi connectivity index (χ2v) is 8.91. The van der Waals surface area contributed by atoms with E-state index in [2.05, 4.69) is 11.3 Å². The van der Waals surface area contributed by atoms with Crippen LogP contribution in [-0.2, 0) is 16.6 Å². The Morgan fingerprint density at radius 2 is 1.90 bits per heavy atom. The summed E-state index contributed by atoms with van der Waals surface area (Å²) in [6.45, 7) is 3.94. The second-order valence-electron chi connectivity index (χ2n) is 7.20. The van der Waals surface area contributed by atoms with Crippen LogP contribution in [0, 0.1) is 5.82 Å². The average molecular weight is 417 g/mol. The summed E-state index contributed by atoms with van der Waals surface area (Å²) in [5.41, 5.74) is 0.617. The third kappa shape index (κ3) is 5.31. The quantitative estimate of drug-likeness (QED) is 0.664. The molecule has 0 heterocycles. The minimum atomic E-state index is -3.70. The lowest BCUT2D eigenvalue weighted by Gasteiger charge is -2.22. The number of carbonyl (C=O) groups is 1. The Bertz CT molecular complexity index is 985. The topological polar surface area (TPSA) is 66.5 Å². The zero-order valence-electron chi connectivity index (χ0n) is 16.2. The normalized spacial score (nSPS) is 14.7. The number of carbonyl (C=O) groups excluding carboxylic acids is 1. The Morgan fingerprint density at radius 3 is 2.59 bits per heavy atom. The highest BCUT2D eigenvalue weighted by Crippen LogP contribution is 2.21. The lowest BCUT2D eigenvalue weighted by atomic mass is 10.1. The predicted octanol–water partition coefficient (Wildman–Crippen LogP) is 3.88. The van der Waals surface area contributed by atoms with Crippen molar-refractivity contribution < 1.29 is 17.6 Å². The molecule has 154 valence electrons. The van der Waals surface area contributed by atoms with Crippen molar-refractivity contribution in [3.63, 3.8) is 0 Å². The van der Waals surface area contributed by atoms with E-state index in [1.165, 1.54) is 23.1 Å². The summed E-state index contributed by atoms with van der Waals surface area (Å²) in [4.78, 5) is 14.5. The average Bonchev–Trinajstić information content (AvgIpc) is 3.21. The molecular formula is C22H25FN2O3S. The first-order chi connectivity index (χ1) is 13.9. The van der Waals surface area contributed by atoms with Crippen LogP contribution in [0.15, 0.2) is 66.1 Å². The van der Waals surface area contributed by atoms with Gasteiger partial charge in [-0.1, -0.05) is 43.2 Å². The summed E-state index contributed by atoms with van der Waals surface area (Å²) in [7, 11) is -3.70. The van der Waals surface area contributed by atoms with E-state index in [1.807, 2.05) is 0 Å². The van der Waals surface area contributed by atoms with Gasteiger partial charge in [-0.2, -0.15) is 0 Å². The highest BCUT2D eigenvalue weighted by atomic mass is 32.2. The van der Waals surface area contributed by atoms with Gasteiger partial charge < -0.3 is 4.90 Å². The first-order valence-electron chi connectivity index (χ1n) is 9.66. The van der Waals surface area contributed by atoms with Crippen LogP contribution >= 0.6 is 0 Å². The minimum Gasteiger partial charge on any atom is -0.331 e. The number of halogens is 1. The lowest BCUT2D eigenvalue weighted by Crippen LogP contribution is -2.33. The van der Waals surface area contributed by atoms with E-state index in [1.54, 1.807) is 36.4 Å². The summed E-state index contributed by atoms with van der Waals surface area (Å²) in [6.07, 6.45) is 5.23. The number of sulfonamides is 1. The molecule has 1 aliphatic carbocycles. The molecule has 0 bridgehead atoms. The molecule has 0 radical (unpaired) electrons. The number of rotatable bonds is 8. The molecule has 0 spiro atoms. The van der Waals surface area contributed by atoms with Crippen molar-refractivity contribution in [1.29, 1.82) is 0 Å². The van der Waals surface area contributed by atoms with E-state index in [0.717, 1.165) is 25.7 Å². The third-order valence-corrected chi connectivity index (χ3v) is 6.54. The van der Waals surface area contributed by atoms with Gasteiger partial charge in [0.1, 0.15) is 5.82 Å². The Kier molecular flexibility index (Phi) is 6.82. The first-order valence-corrected chi connectivity index (χ1v) is 11.1. The van der Waals surface area contributed by atoms with Crippen molar-refractivity contribution in [2.75, 3.05) is 6.54 Å². The van der Waals surface area contributed by atoms with Crippen LogP contribution in [0.4, 0.5) is 4.39 Å². The molecule has 1 fully saturated rings. The first kappa shape index (κ1) is 21.2. The van der Waals surface area contributed by atoms with Crippen molar-refractivity contribution in [3.05, 3.63) is 78.1 Å². The van der Waals surface area contributed by atoms with Crippen LogP contribution in [0.1, 0.15) is 41.6 Å². The van der Waals surface area contributed by atoms with E-state index in [-0.39, 0.29) is 35.5 Å². The maximum Gasteiger partial charge on any atom is 0.254 e. The van der Waals surface area contributed by atoms with Crippen molar-refractivity contribution >= 4 is 15.9 Å². The van der Waals surface area contributed by atoms with Gasteiger partial charge in [0, 0.05) is 30.3 Å². The van der Waals surface area contributed by atoms with Crippen molar-refractivity contribution in [1.82, 2.24) is 9.62 Å². The fourth-order valence-electron chi connectivity index (χ4n) is 3.52. The molecule has 0 unspecified atom stereocenters. The number of hydrogen-bond acceptors (Lipinski definition) is 3. The van der Waals surface area contributed by atoms with Crippen LogP contribution in [0.3, 0.4) is 0 Å². The molecular weight excluding hydrogens is 391 g/mol. The predicted molar refractivity (Wildman–Crippen MR) is 110 cm³/mol. The molecule has 1 N–H and O–H groups in total. The molecule has 1 aliphatic rings. The summed E-state index contributed by atoms with van der Waals surface area (Å²) in [6, 6.07) is 12.2. The van der Waals surface area contributed by atoms with Gasteiger partial charge in [-0.3, -0.25) is 4.79 Å². The maximum atomic E-state index is 14.0. The molecule has 7 heteroatoms. The number of nitrogens with one attached hydrogen (secondary N) is 1. The molecule has 3 rings (SSSR count). The van der Waals surface area contributed by atoms with Crippen LogP contribution in [-0.4, -0.2) is 31.8 Å². The molecule has 29 heavy (non-hydrogen) atoms. The Morgan fingerprint density at radius 1 is 1.17 bits per heavy atom. The van der Waals surface area contributed by atoms with Crippen LogP contribution in [0.25, 0.3) is 0 Å². The Balaban J connectivity index is 1.82. The minimum absolute atomic E-state index is 0.0553.